The average molecular weight is 279 g/mol. The van der Waals surface area contributed by atoms with E-state index in [0.29, 0.717) is 13.2 Å². The van der Waals surface area contributed by atoms with Gasteiger partial charge in [0.15, 0.2) is 5.96 Å². The van der Waals surface area contributed by atoms with E-state index in [1.165, 1.54) is 11.1 Å². The van der Waals surface area contributed by atoms with Crippen LogP contribution in [0.5, 0.6) is 0 Å². The summed E-state index contributed by atoms with van der Waals surface area (Å²) in [7, 11) is 3.46. The van der Waals surface area contributed by atoms with Gasteiger partial charge in [0, 0.05) is 33.9 Å². The summed E-state index contributed by atoms with van der Waals surface area (Å²) in [5, 5.41) is 6.48. The van der Waals surface area contributed by atoms with Crippen LogP contribution in [0.2, 0.25) is 0 Å². The summed E-state index contributed by atoms with van der Waals surface area (Å²) < 4.78 is 10.4. The Balaban J connectivity index is 2.38. The van der Waals surface area contributed by atoms with Gasteiger partial charge in [-0.3, -0.25) is 4.99 Å². The molecule has 5 nitrogen and oxygen atoms in total. The number of hydrogen-bond donors (Lipinski definition) is 2. The number of nitrogens with zero attached hydrogens (tertiary/aromatic N) is 1. The lowest BCUT2D eigenvalue weighted by atomic mass is 10.1. The van der Waals surface area contributed by atoms with Gasteiger partial charge in [-0.25, -0.2) is 0 Å². The van der Waals surface area contributed by atoms with Gasteiger partial charge < -0.3 is 20.1 Å². The Morgan fingerprint density at radius 1 is 1.25 bits per heavy atom. The zero-order valence-electron chi connectivity index (χ0n) is 12.6. The van der Waals surface area contributed by atoms with Crippen molar-refractivity contribution in [3.05, 3.63) is 35.4 Å². The van der Waals surface area contributed by atoms with Crippen molar-refractivity contribution < 1.29 is 9.47 Å². The molecule has 2 N–H and O–H groups in total. The van der Waals surface area contributed by atoms with Gasteiger partial charge in [-0.15, -0.1) is 0 Å². The van der Waals surface area contributed by atoms with Crippen molar-refractivity contribution in [3.8, 4) is 0 Å². The van der Waals surface area contributed by atoms with Crippen molar-refractivity contribution in [3.63, 3.8) is 0 Å². The maximum atomic E-state index is 5.27. The van der Waals surface area contributed by atoms with Crippen molar-refractivity contribution in [2.45, 2.75) is 20.1 Å². The van der Waals surface area contributed by atoms with Crippen molar-refractivity contribution in [2.75, 3.05) is 33.9 Å². The SMILES string of the molecule is CCOCCNC(=NC)NCc1cccc(COC)c1. The lowest BCUT2D eigenvalue weighted by Gasteiger charge is -2.12. The van der Waals surface area contributed by atoms with E-state index < -0.39 is 0 Å². The molecular weight excluding hydrogens is 254 g/mol. The Kier molecular flexibility index (Phi) is 8.42. The third-order valence-corrected chi connectivity index (χ3v) is 2.73. The van der Waals surface area contributed by atoms with Crippen LogP contribution >= 0.6 is 0 Å². The first-order valence-electron chi connectivity index (χ1n) is 6.89. The number of nitrogens with one attached hydrogen (secondary N) is 2. The smallest absolute Gasteiger partial charge is 0.191 e. The van der Waals surface area contributed by atoms with E-state index in [1.807, 2.05) is 13.0 Å². The zero-order chi connectivity index (χ0) is 14.6. The molecule has 0 aliphatic heterocycles. The molecule has 1 aromatic rings. The fourth-order valence-corrected chi connectivity index (χ4v) is 1.79. The number of benzene rings is 1. The van der Waals surface area contributed by atoms with Crippen molar-refractivity contribution in [1.82, 2.24) is 10.6 Å². The second kappa shape index (κ2) is 10.2. The highest BCUT2D eigenvalue weighted by molar-refractivity contribution is 5.79. The number of hydrogen-bond acceptors (Lipinski definition) is 3. The summed E-state index contributed by atoms with van der Waals surface area (Å²) in [5.74, 6) is 0.779. The van der Waals surface area contributed by atoms with Crippen LogP contribution < -0.4 is 10.6 Å². The Morgan fingerprint density at radius 3 is 2.75 bits per heavy atom. The fourth-order valence-electron chi connectivity index (χ4n) is 1.79. The van der Waals surface area contributed by atoms with Gasteiger partial charge >= 0.3 is 0 Å². The van der Waals surface area contributed by atoms with E-state index >= 15 is 0 Å². The van der Waals surface area contributed by atoms with Gasteiger partial charge in [-0.1, -0.05) is 24.3 Å². The Hall–Kier alpha value is -1.59. The van der Waals surface area contributed by atoms with E-state index in [1.54, 1.807) is 14.2 Å². The van der Waals surface area contributed by atoms with Crippen LogP contribution in [-0.4, -0.2) is 39.9 Å². The summed E-state index contributed by atoms with van der Waals surface area (Å²) in [6, 6.07) is 8.31. The lowest BCUT2D eigenvalue weighted by Crippen LogP contribution is -2.38. The molecule has 1 aromatic carbocycles. The molecule has 0 saturated carbocycles. The van der Waals surface area contributed by atoms with Crippen molar-refractivity contribution in [1.29, 1.82) is 0 Å². The van der Waals surface area contributed by atoms with Gasteiger partial charge in [-0.05, 0) is 18.1 Å². The van der Waals surface area contributed by atoms with E-state index in [2.05, 4.69) is 33.8 Å². The molecule has 0 fully saturated rings. The van der Waals surface area contributed by atoms with Gasteiger partial charge in [0.25, 0.3) is 0 Å². The second-order valence-corrected chi connectivity index (χ2v) is 4.30. The molecular formula is C15H25N3O2. The summed E-state index contributed by atoms with van der Waals surface area (Å²) in [5.41, 5.74) is 2.37. The van der Waals surface area contributed by atoms with Crippen LogP contribution in [0.1, 0.15) is 18.1 Å². The number of ether oxygens (including phenoxy) is 2. The highest BCUT2D eigenvalue weighted by Gasteiger charge is 1.99. The zero-order valence-corrected chi connectivity index (χ0v) is 12.6. The van der Waals surface area contributed by atoms with Crippen LogP contribution in [0.4, 0.5) is 0 Å². The van der Waals surface area contributed by atoms with Crippen LogP contribution in [0, 0.1) is 0 Å². The lowest BCUT2D eigenvalue weighted by molar-refractivity contribution is 0.152. The number of rotatable bonds is 8. The average Bonchev–Trinajstić information content (AvgIpc) is 2.47. The normalized spacial score (nSPS) is 11.4. The molecule has 0 unspecified atom stereocenters. The maximum Gasteiger partial charge on any atom is 0.191 e. The Labute approximate surface area is 121 Å². The predicted molar refractivity (Wildman–Crippen MR) is 81.8 cm³/mol. The molecule has 0 atom stereocenters. The number of methoxy groups -OCH3 is 1. The standard InChI is InChI=1S/C15H25N3O2/c1-4-20-9-8-17-15(16-2)18-11-13-6-5-7-14(10-13)12-19-3/h5-7,10H,4,8-9,11-12H2,1-3H3,(H2,16,17,18). The van der Waals surface area contributed by atoms with Crippen molar-refractivity contribution >= 4 is 5.96 Å². The molecule has 0 heterocycles. The molecule has 0 aromatic heterocycles. The van der Waals surface area contributed by atoms with Crippen molar-refractivity contribution in [2.24, 2.45) is 4.99 Å². The summed E-state index contributed by atoms with van der Waals surface area (Å²) >= 11 is 0. The van der Waals surface area contributed by atoms with E-state index in [-0.39, 0.29) is 0 Å². The first-order valence-corrected chi connectivity index (χ1v) is 6.89. The molecule has 20 heavy (non-hydrogen) atoms. The molecule has 5 heteroatoms. The van der Waals surface area contributed by atoms with Crippen LogP contribution in [0.3, 0.4) is 0 Å². The molecule has 0 amide bonds. The van der Waals surface area contributed by atoms with Gasteiger partial charge in [-0.2, -0.15) is 0 Å². The van der Waals surface area contributed by atoms with E-state index in [4.69, 9.17) is 9.47 Å². The Morgan fingerprint density at radius 2 is 2.05 bits per heavy atom. The minimum Gasteiger partial charge on any atom is -0.380 e. The third-order valence-electron chi connectivity index (χ3n) is 2.73. The highest BCUT2D eigenvalue weighted by Crippen LogP contribution is 2.06. The minimum atomic E-state index is 0.634. The maximum absolute atomic E-state index is 5.27. The van der Waals surface area contributed by atoms with Gasteiger partial charge in [0.1, 0.15) is 0 Å². The van der Waals surface area contributed by atoms with Gasteiger partial charge in [0.05, 0.1) is 13.2 Å². The summed E-state index contributed by atoms with van der Waals surface area (Å²) in [6.45, 7) is 5.51. The topological polar surface area (TPSA) is 54.9 Å². The molecule has 0 aliphatic carbocycles. The highest BCUT2D eigenvalue weighted by atomic mass is 16.5. The Bertz CT molecular complexity index is 408. The molecule has 0 spiro atoms. The summed E-state index contributed by atoms with van der Waals surface area (Å²) in [6.07, 6.45) is 0. The first kappa shape index (κ1) is 16.5. The fraction of sp³-hybridized carbons (Fsp3) is 0.533. The molecule has 0 aliphatic rings. The minimum absolute atomic E-state index is 0.634. The molecule has 0 bridgehead atoms. The molecule has 0 saturated heterocycles. The number of guanidine groups is 1. The van der Waals surface area contributed by atoms with E-state index in [0.717, 1.165) is 25.7 Å². The largest absolute Gasteiger partial charge is 0.380 e. The molecule has 0 radical (unpaired) electrons. The monoisotopic (exact) mass is 279 g/mol. The van der Waals surface area contributed by atoms with Gasteiger partial charge in [0.2, 0.25) is 0 Å². The first-order chi connectivity index (χ1) is 9.80. The van der Waals surface area contributed by atoms with Crippen LogP contribution in [0.15, 0.2) is 29.3 Å². The molecule has 1 rings (SSSR count). The van der Waals surface area contributed by atoms with Crippen LogP contribution in [0.25, 0.3) is 0 Å². The van der Waals surface area contributed by atoms with Crippen LogP contribution in [-0.2, 0) is 22.6 Å². The van der Waals surface area contributed by atoms with E-state index in [9.17, 15) is 0 Å². The summed E-state index contributed by atoms with van der Waals surface area (Å²) in [4.78, 5) is 4.17. The second-order valence-electron chi connectivity index (χ2n) is 4.30. The molecule has 112 valence electrons. The number of aliphatic imine (C=N–C) groups is 1. The predicted octanol–water partition coefficient (Wildman–Crippen LogP) is 1.53. The third kappa shape index (κ3) is 6.54. The quantitative estimate of drug-likeness (QED) is 0.430.